The van der Waals surface area contributed by atoms with E-state index in [1.807, 2.05) is 32.9 Å². The summed E-state index contributed by atoms with van der Waals surface area (Å²) in [5, 5.41) is 12.0. The van der Waals surface area contributed by atoms with E-state index in [0.29, 0.717) is 6.42 Å². The molecule has 2 rings (SSSR count). The van der Waals surface area contributed by atoms with Gasteiger partial charge in [0.25, 0.3) is 5.91 Å². The van der Waals surface area contributed by atoms with Crippen molar-refractivity contribution in [3.8, 4) is 0 Å². The molecule has 0 unspecified atom stereocenters. The summed E-state index contributed by atoms with van der Waals surface area (Å²) >= 11 is 0. The Bertz CT molecular complexity index is 875. The number of nitrogens with zero attached hydrogens (tertiary/aromatic N) is 1. The molecule has 1 aromatic carbocycles. The van der Waals surface area contributed by atoms with Crippen LogP contribution in [0.1, 0.15) is 50.3 Å². The third-order valence-electron chi connectivity index (χ3n) is 4.24. The first-order chi connectivity index (χ1) is 12.6. The summed E-state index contributed by atoms with van der Waals surface area (Å²) in [6.07, 6.45) is 0.352. The molecule has 0 atom stereocenters. The zero-order chi connectivity index (χ0) is 20.3. The van der Waals surface area contributed by atoms with E-state index in [4.69, 9.17) is 9.52 Å². The second-order valence-corrected chi connectivity index (χ2v) is 6.59. The summed E-state index contributed by atoms with van der Waals surface area (Å²) in [5.74, 6) is -1.91. The summed E-state index contributed by atoms with van der Waals surface area (Å²) in [6, 6.07) is 5.15. The lowest BCUT2D eigenvalue weighted by Gasteiger charge is -2.17. The molecule has 0 spiro atoms. The van der Waals surface area contributed by atoms with E-state index in [9.17, 15) is 14.4 Å². The number of carboxylic acids is 1. The van der Waals surface area contributed by atoms with Crippen molar-refractivity contribution >= 4 is 23.5 Å². The van der Waals surface area contributed by atoms with Crippen LogP contribution in [-0.2, 0) is 11.2 Å². The average Bonchev–Trinajstić information content (AvgIpc) is 3.02. The zero-order valence-corrected chi connectivity index (χ0v) is 16.2. The van der Waals surface area contributed by atoms with Gasteiger partial charge >= 0.3 is 5.97 Å². The fourth-order valence-electron chi connectivity index (χ4n) is 3.01. The van der Waals surface area contributed by atoms with Crippen LogP contribution < -0.4 is 5.32 Å². The molecular formula is C20H24N2O5. The standard InChI is InChI=1S/C20H24N2O5/c1-6-15-14(20(25)26)9-16(27-15)19(24)22(5)10-17(23)21-18-12(3)7-11(2)8-13(18)4/h7-9H,6,10H2,1-5H3,(H,21,23)(H,25,26). The number of amides is 2. The van der Waals surface area contributed by atoms with Gasteiger partial charge < -0.3 is 19.7 Å². The Hall–Kier alpha value is -3.09. The summed E-state index contributed by atoms with van der Waals surface area (Å²) in [5.41, 5.74) is 3.68. The van der Waals surface area contributed by atoms with Gasteiger partial charge in [-0.1, -0.05) is 24.6 Å². The van der Waals surface area contributed by atoms with Crippen LogP contribution in [0.4, 0.5) is 5.69 Å². The van der Waals surface area contributed by atoms with Gasteiger partial charge in [0.15, 0.2) is 5.76 Å². The van der Waals surface area contributed by atoms with Crippen LogP contribution in [0.15, 0.2) is 22.6 Å². The van der Waals surface area contributed by atoms with E-state index < -0.39 is 11.9 Å². The second kappa shape index (κ2) is 8.07. The maximum Gasteiger partial charge on any atom is 0.339 e. The molecule has 7 heteroatoms. The highest BCUT2D eigenvalue weighted by atomic mass is 16.4. The van der Waals surface area contributed by atoms with Gasteiger partial charge in [0.2, 0.25) is 5.91 Å². The van der Waals surface area contributed by atoms with Crippen molar-refractivity contribution in [2.75, 3.05) is 18.9 Å². The van der Waals surface area contributed by atoms with E-state index >= 15 is 0 Å². The second-order valence-electron chi connectivity index (χ2n) is 6.59. The monoisotopic (exact) mass is 372 g/mol. The molecule has 1 aromatic heterocycles. The zero-order valence-electron chi connectivity index (χ0n) is 16.2. The Morgan fingerprint density at radius 1 is 1.11 bits per heavy atom. The summed E-state index contributed by atoms with van der Waals surface area (Å²) < 4.78 is 5.36. The molecule has 2 aromatic rings. The van der Waals surface area contributed by atoms with E-state index in [2.05, 4.69) is 5.32 Å². The number of aryl methyl sites for hydroxylation is 4. The van der Waals surface area contributed by atoms with Crippen molar-refractivity contribution in [3.63, 3.8) is 0 Å². The quantitative estimate of drug-likeness (QED) is 0.811. The lowest BCUT2D eigenvalue weighted by molar-refractivity contribution is -0.116. The number of hydrogen-bond donors (Lipinski definition) is 2. The fraction of sp³-hybridized carbons (Fsp3) is 0.350. The highest BCUT2D eigenvalue weighted by Crippen LogP contribution is 2.22. The number of nitrogens with one attached hydrogen (secondary N) is 1. The van der Waals surface area contributed by atoms with Crippen LogP contribution >= 0.6 is 0 Å². The smallest absolute Gasteiger partial charge is 0.339 e. The minimum atomic E-state index is -1.15. The van der Waals surface area contributed by atoms with Crippen molar-refractivity contribution in [1.29, 1.82) is 0 Å². The van der Waals surface area contributed by atoms with Crippen molar-refractivity contribution in [2.45, 2.75) is 34.1 Å². The lowest BCUT2D eigenvalue weighted by Crippen LogP contribution is -2.35. The number of carboxylic acid groups (broad SMARTS) is 1. The normalized spacial score (nSPS) is 10.6. The molecule has 1 heterocycles. The van der Waals surface area contributed by atoms with Gasteiger partial charge in [-0.25, -0.2) is 4.79 Å². The largest absolute Gasteiger partial charge is 0.478 e. The van der Waals surface area contributed by atoms with Gasteiger partial charge in [-0.05, 0) is 31.9 Å². The number of carbonyl (C=O) groups is 3. The number of hydrogen-bond acceptors (Lipinski definition) is 4. The average molecular weight is 372 g/mol. The van der Waals surface area contributed by atoms with Gasteiger partial charge in [0, 0.05) is 25.2 Å². The maximum atomic E-state index is 12.5. The number of furan rings is 1. The van der Waals surface area contributed by atoms with Crippen LogP contribution in [-0.4, -0.2) is 41.4 Å². The Balaban J connectivity index is 2.10. The lowest BCUT2D eigenvalue weighted by atomic mass is 10.1. The van der Waals surface area contributed by atoms with Crippen LogP contribution in [0.25, 0.3) is 0 Å². The molecule has 2 N–H and O–H groups in total. The molecule has 144 valence electrons. The molecule has 0 saturated heterocycles. The highest BCUT2D eigenvalue weighted by molar-refractivity contribution is 6.00. The summed E-state index contributed by atoms with van der Waals surface area (Å²) in [4.78, 5) is 37.2. The number of aromatic carboxylic acids is 1. The third-order valence-corrected chi connectivity index (χ3v) is 4.24. The number of likely N-dealkylation sites (N-methyl/N-ethyl adjacent to an activating group) is 1. The number of carbonyl (C=O) groups excluding carboxylic acids is 2. The Labute approximate surface area is 158 Å². The molecule has 7 nitrogen and oxygen atoms in total. The molecule has 0 saturated carbocycles. The predicted molar refractivity (Wildman–Crippen MR) is 101 cm³/mol. The SMILES string of the molecule is CCc1oc(C(=O)N(C)CC(=O)Nc2c(C)cc(C)cc2C)cc1C(=O)O. The van der Waals surface area contributed by atoms with Gasteiger partial charge in [-0.15, -0.1) is 0 Å². The molecule has 2 amide bonds. The van der Waals surface area contributed by atoms with Crippen molar-refractivity contribution in [2.24, 2.45) is 0 Å². The minimum Gasteiger partial charge on any atom is -0.478 e. The van der Waals surface area contributed by atoms with Gasteiger partial charge in [0.05, 0.1) is 6.54 Å². The molecule has 0 bridgehead atoms. The minimum absolute atomic E-state index is 0.0374. The van der Waals surface area contributed by atoms with E-state index in [-0.39, 0.29) is 29.5 Å². The molecule has 27 heavy (non-hydrogen) atoms. The maximum absolute atomic E-state index is 12.5. The number of anilines is 1. The van der Waals surface area contributed by atoms with Crippen molar-refractivity contribution in [3.05, 3.63) is 52.0 Å². The van der Waals surface area contributed by atoms with Crippen LogP contribution in [0, 0.1) is 20.8 Å². The topological polar surface area (TPSA) is 99.9 Å². The molecule has 0 aliphatic heterocycles. The fourth-order valence-corrected chi connectivity index (χ4v) is 3.01. The van der Waals surface area contributed by atoms with Crippen molar-refractivity contribution < 1.29 is 23.9 Å². The van der Waals surface area contributed by atoms with Gasteiger partial charge in [0.1, 0.15) is 11.3 Å². The summed E-state index contributed by atoms with van der Waals surface area (Å²) in [7, 11) is 1.46. The molecular weight excluding hydrogens is 348 g/mol. The number of benzene rings is 1. The van der Waals surface area contributed by atoms with Crippen molar-refractivity contribution in [1.82, 2.24) is 4.90 Å². The van der Waals surface area contributed by atoms with Crippen LogP contribution in [0.3, 0.4) is 0 Å². The Kier molecular flexibility index (Phi) is 6.05. The molecule has 0 aliphatic carbocycles. The Morgan fingerprint density at radius 3 is 2.19 bits per heavy atom. The van der Waals surface area contributed by atoms with E-state index in [1.165, 1.54) is 18.0 Å². The van der Waals surface area contributed by atoms with Gasteiger partial charge in [-0.2, -0.15) is 0 Å². The Morgan fingerprint density at radius 2 is 1.70 bits per heavy atom. The molecule has 0 radical (unpaired) electrons. The first kappa shape index (κ1) is 20.2. The number of rotatable bonds is 6. The first-order valence-electron chi connectivity index (χ1n) is 8.63. The summed E-state index contributed by atoms with van der Waals surface area (Å²) in [6.45, 7) is 7.36. The first-order valence-corrected chi connectivity index (χ1v) is 8.63. The van der Waals surface area contributed by atoms with E-state index in [1.54, 1.807) is 6.92 Å². The van der Waals surface area contributed by atoms with Gasteiger partial charge in [-0.3, -0.25) is 9.59 Å². The van der Waals surface area contributed by atoms with Crippen LogP contribution in [0.2, 0.25) is 0 Å². The highest BCUT2D eigenvalue weighted by Gasteiger charge is 2.23. The molecule has 0 fully saturated rings. The predicted octanol–water partition coefficient (Wildman–Crippen LogP) is 3.18. The van der Waals surface area contributed by atoms with Crippen LogP contribution in [0.5, 0.6) is 0 Å². The molecule has 0 aliphatic rings. The van der Waals surface area contributed by atoms with E-state index in [0.717, 1.165) is 22.4 Å². The third kappa shape index (κ3) is 4.55.